The molecule has 0 saturated heterocycles. The highest BCUT2D eigenvalue weighted by molar-refractivity contribution is 7.10. The van der Waals surface area contributed by atoms with Crippen molar-refractivity contribution in [2.24, 2.45) is 0 Å². The van der Waals surface area contributed by atoms with Crippen molar-refractivity contribution < 1.29 is 14.0 Å². The first-order valence-electron chi connectivity index (χ1n) is 11.6. The van der Waals surface area contributed by atoms with Gasteiger partial charge < -0.3 is 9.80 Å². The molecule has 3 aromatic rings. The van der Waals surface area contributed by atoms with Crippen LogP contribution in [0, 0.1) is 5.82 Å². The van der Waals surface area contributed by atoms with Crippen molar-refractivity contribution >= 4 is 46.4 Å². The minimum Gasteiger partial charge on any atom is -0.330 e. The Labute approximate surface area is 219 Å². The third kappa shape index (κ3) is 5.71. The second-order valence-electron chi connectivity index (χ2n) is 8.79. The van der Waals surface area contributed by atoms with E-state index in [2.05, 4.69) is 0 Å². The Morgan fingerprint density at radius 2 is 1.89 bits per heavy atom. The molecule has 35 heavy (non-hydrogen) atoms. The van der Waals surface area contributed by atoms with Crippen LogP contribution in [0.1, 0.15) is 47.9 Å². The second-order valence-corrected chi connectivity index (χ2v) is 10.6. The van der Waals surface area contributed by atoms with Gasteiger partial charge in [0.25, 0.3) is 0 Å². The van der Waals surface area contributed by atoms with Gasteiger partial charge in [0.2, 0.25) is 11.8 Å². The summed E-state index contributed by atoms with van der Waals surface area (Å²) in [4.78, 5) is 31.7. The molecule has 4 rings (SSSR count). The average Bonchev–Trinajstić information content (AvgIpc) is 3.32. The number of carbonyl (C=O) groups is 2. The molecule has 8 heteroatoms. The molecule has 184 valence electrons. The number of halogens is 3. The molecule has 2 heterocycles. The average molecular weight is 533 g/mol. The normalized spacial score (nSPS) is 16.0. The van der Waals surface area contributed by atoms with Crippen molar-refractivity contribution in [2.75, 3.05) is 13.1 Å². The van der Waals surface area contributed by atoms with Gasteiger partial charge in [-0.25, -0.2) is 4.39 Å². The highest BCUT2D eigenvalue weighted by Crippen LogP contribution is 2.41. The van der Waals surface area contributed by atoms with E-state index in [0.29, 0.717) is 28.6 Å². The summed E-state index contributed by atoms with van der Waals surface area (Å²) in [6.07, 6.45) is 1.58. The quantitative estimate of drug-likeness (QED) is 0.346. The van der Waals surface area contributed by atoms with Gasteiger partial charge in [0, 0.05) is 27.5 Å². The Hall–Kier alpha value is -2.41. The van der Waals surface area contributed by atoms with Gasteiger partial charge in [0.05, 0.1) is 12.5 Å². The van der Waals surface area contributed by atoms with Crippen molar-refractivity contribution in [1.29, 1.82) is 0 Å². The number of nitrogens with zero attached hydrogens (tertiary/aromatic N) is 2. The van der Waals surface area contributed by atoms with Crippen LogP contribution in [0.5, 0.6) is 0 Å². The fraction of sp³-hybridized carbons (Fsp3) is 0.333. The van der Waals surface area contributed by atoms with Crippen LogP contribution < -0.4 is 0 Å². The molecular formula is C27H27Cl2FN2O2S. The number of benzene rings is 2. The van der Waals surface area contributed by atoms with Crippen molar-refractivity contribution in [1.82, 2.24) is 9.80 Å². The maximum absolute atomic E-state index is 13.7. The first-order valence-corrected chi connectivity index (χ1v) is 13.3. The van der Waals surface area contributed by atoms with E-state index in [9.17, 15) is 14.0 Å². The maximum atomic E-state index is 13.7. The lowest BCUT2D eigenvalue weighted by Crippen LogP contribution is -2.49. The Morgan fingerprint density at radius 3 is 2.57 bits per heavy atom. The molecular weight excluding hydrogens is 506 g/mol. The molecule has 0 aliphatic carbocycles. The summed E-state index contributed by atoms with van der Waals surface area (Å²) < 4.78 is 13.3. The summed E-state index contributed by atoms with van der Waals surface area (Å²) >= 11 is 14.4. The Bertz CT molecular complexity index is 1210. The van der Waals surface area contributed by atoms with E-state index < -0.39 is 0 Å². The molecule has 1 aliphatic rings. The second kappa shape index (κ2) is 11.1. The van der Waals surface area contributed by atoms with Gasteiger partial charge >= 0.3 is 0 Å². The fourth-order valence-electron chi connectivity index (χ4n) is 4.47. The SMILES string of the molecule is CCC(C)N(CC(=O)N1CCc2sccc2C1c1ccc(Cl)cc1Cl)C(=O)Cc1ccc(F)cc1. The number of amides is 2. The summed E-state index contributed by atoms with van der Waals surface area (Å²) in [5, 5.41) is 3.07. The van der Waals surface area contributed by atoms with E-state index in [-0.39, 0.29) is 42.7 Å². The van der Waals surface area contributed by atoms with E-state index in [4.69, 9.17) is 23.2 Å². The number of hydrogen-bond donors (Lipinski definition) is 0. The largest absolute Gasteiger partial charge is 0.330 e. The van der Waals surface area contributed by atoms with E-state index in [0.717, 1.165) is 17.5 Å². The van der Waals surface area contributed by atoms with E-state index in [1.807, 2.05) is 36.3 Å². The third-order valence-electron chi connectivity index (χ3n) is 6.56. The van der Waals surface area contributed by atoms with Gasteiger partial charge in [-0.2, -0.15) is 0 Å². The number of thiophene rings is 1. The number of rotatable bonds is 7. The summed E-state index contributed by atoms with van der Waals surface area (Å²) in [5.74, 6) is -0.640. The van der Waals surface area contributed by atoms with Crippen LogP contribution in [0.3, 0.4) is 0 Å². The lowest BCUT2D eigenvalue weighted by molar-refractivity contribution is -0.143. The lowest BCUT2D eigenvalue weighted by Gasteiger charge is -2.39. The van der Waals surface area contributed by atoms with Crippen LogP contribution in [-0.4, -0.2) is 40.7 Å². The monoisotopic (exact) mass is 532 g/mol. The fourth-order valence-corrected chi connectivity index (χ4v) is 5.88. The molecule has 0 saturated carbocycles. The van der Waals surface area contributed by atoms with Crippen LogP contribution in [-0.2, 0) is 22.4 Å². The van der Waals surface area contributed by atoms with Gasteiger partial charge in [-0.3, -0.25) is 9.59 Å². The molecule has 2 unspecified atom stereocenters. The highest BCUT2D eigenvalue weighted by Gasteiger charge is 2.35. The number of hydrogen-bond acceptors (Lipinski definition) is 3. The summed E-state index contributed by atoms with van der Waals surface area (Å²) in [6.45, 7) is 4.44. The number of carbonyl (C=O) groups excluding carboxylic acids is 2. The summed E-state index contributed by atoms with van der Waals surface area (Å²) in [6, 6.07) is 12.8. The highest BCUT2D eigenvalue weighted by atomic mass is 35.5. The molecule has 2 atom stereocenters. The van der Waals surface area contributed by atoms with Crippen molar-refractivity contribution in [3.05, 3.63) is 91.3 Å². The predicted molar refractivity (Wildman–Crippen MR) is 140 cm³/mol. The van der Waals surface area contributed by atoms with Gasteiger partial charge in [0.1, 0.15) is 12.4 Å². The summed E-state index contributed by atoms with van der Waals surface area (Å²) in [7, 11) is 0. The molecule has 0 bridgehead atoms. The molecule has 4 nitrogen and oxygen atoms in total. The maximum Gasteiger partial charge on any atom is 0.243 e. The number of fused-ring (bicyclic) bond motifs is 1. The van der Waals surface area contributed by atoms with E-state index in [1.54, 1.807) is 40.5 Å². The topological polar surface area (TPSA) is 40.6 Å². The van der Waals surface area contributed by atoms with Crippen LogP contribution in [0.2, 0.25) is 10.0 Å². The zero-order valence-corrected chi connectivity index (χ0v) is 22.0. The molecule has 0 fully saturated rings. The van der Waals surface area contributed by atoms with Crippen LogP contribution in [0.15, 0.2) is 53.9 Å². The molecule has 1 aliphatic heterocycles. The predicted octanol–water partition coefficient (Wildman–Crippen LogP) is 6.54. The minimum absolute atomic E-state index is 0.0315. The Morgan fingerprint density at radius 1 is 1.14 bits per heavy atom. The van der Waals surface area contributed by atoms with Crippen LogP contribution in [0.25, 0.3) is 0 Å². The Balaban J connectivity index is 1.60. The first-order chi connectivity index (χ1) is 16.8. The van der Waals surface area contributed by atoms with Gasteiger partial charge in [0.15, 0.2) is 0 Å². The molecule has 0 radical (unpaired) electrons. The van der Waals surface area contributed by atoms with Crippen molar-refractivity contribution in [3.8, 4) is 0 Å². The molecule has 2 amide bonds. The van der Waals surface area contributed by atoms with Gasteiger partial charge in [-0.1, -0.05) is 48.3 Å². The minimum atomic E-state index is -0.347. The smallest absolute Gasteiger partial charge is 0.243 e. The standard InChI is InChI=1S/C27H27Cl2FN2O2S/c1-3-17(2)32(25(33)14-18-4-7-20(30)8-5-18)16-26(34)31-12-10-24-22(11-13-35-24)27(31)21-9-6-19(28)15-23(21)29/h4-9,11,13,15,17,27H,3,10,12,14,16H2,1-2H3. The zero-order valence-electron chi connectivity index (χ0n) is 19.6. The van der Waals surface area contributed by atoms with E-state index >= 15 is 0 Å². The zero-order chi connectivity index (χ0) is 25.1. The van der Waals surface area contributed by atoms with Crippen LogP contribution in [0.4, 0.5) is 4.39 Å². The van der Waals surface area contributed by atoms with E-state index in [1.165, 1.54) is 17.0 Å². The Kier molecular flexibility index (Phi) is 8.15. The van der Waals surface area contributed by atoms with Gasteiger partial charge in [-0.05, 0) is 72.2 Å². The van der Waals surface area contributed by atoms with Crippen molar-refractivity contribution in [3.63, 3.8) is 0 Å². The molecule has 1 aromatic heterocycles. The molecule has 2 aromatic carbocycles. The first kappa shape index (κ1) is 25.7. The molecule has 0 N–H and O–H groups in total. The van der Waals surface area contributed by atoms with Crippen LogP contribution >= 0.6 is 34.5 Å². The third-order valence-corrected chi connectivity index (χ3v) is 8.12. The molecule has 0 spiro atoms. The van der Waals surface area contributed by atoms with Crippen molar-refractivity contribution in [2.45, 2.75) is 45.2 Å². The summed E-state index contributed by atoms with van der Waals surface area (Å²) in [5.41, 5.74) is 2.59. The van der Waals surface area contributed by atoms with Gasteiger partial charge in [-0.15, -0.1) is 11.3 Å². The lowest BCUT2D eigenvalue weighted by atomic mass is 9.93.